The number of hydrogen-bond donors (Lipinski definition) is 3. The van der Waals surface area contributed by atoms with Gasteiger partial charge in [0.15, 0.2) is 15.5 Å². The average molecular weight is 586 g/mol. The fourth-order valence-electron chi connectivity index (χ4n) is 4.86. The minimum Gasteiger partial charge on any atom is -0.459 e. The molecule has 3 N–H and O–H groups in total. The highest BCUT2D eigenvalue weighted by atomic mass is 35.5. The van der Waals surface area contributed by atoms with E-state index in [0.717, 1.165) is 16.7 Å². The van der Waals surface area contributed by atoms with Crippen molar-refractivity contribution in [2.75, 3.05) is 32.2 Å². The van der Waals surface area contributed by atoms with E-state index in [-0.39, 0.29) is 30.9 Å². The fourth-order valence-corrected chi connectivity index (χ4v) is 6.68. The number of ether oxygens (including phenoxy) is 3. The van der Waals surface area contributed by atoms with Crippen LogP contribution in [0.3, 0.4) is 0 Å². The van der Waals surface area contributed by atoms with Crippen LogP contribution in [0, 0.1) is 5.92 Å². The molecule has 10 nitrogen and oxygen atoms in total. The van der Waals surface area contributed by atoms with E-state index in [2.05, 4.69) is 15.0 Å². The number of halogens is 1. The van der Waals surface area contributed by atoms with Crippen LogP contribution in [0.1, 0.15) is 6.42 Å². The van der Waals surface area contributed by atoms with Gasteiger partial charge >= 0.3 is 0 Å². The molecule has 6 rings (SSSR count). The highest BCUT2D eigenvalue weighted by Gasteiger charge is 2.31. The van der Waals surface area contributed by atoms with Gasteiger partial charge in [-0.15, -0.1) is 0 Å². The predicted octanol–water partition coefficient (Wildman–Crippen LogP) is 3.25. The maximum atomic E-state index is 12.6. The molecule has 0 radical (unpaired) electrons. The van der Waals surface area contributed by atoms with Gasteiger partial charge in [0.05, 0.1) is 59.4 Å². The summed E-state index contributed by atoms with van der Waals surface area (Å²) in [7, 11) is -3.34. The summed E-state index contributed by atoms with van der Waals surface area (Å²) in [5.41, 5.74) is 4.19. The van der Waals surface area contributed by atoms with Gasteiger partial charge in [0.1, 0.15) is 12.2 Å². The highest BCUT2D eigenvalue weighted by Crippen LogP contribution is 2.32. The average Bonchev–Trinajstić information content (AvgIpc) is 3.31. The van der Waals surface area contributed by atoms with Gasteiger partial charge in [0.2, 0.25) is 0 Å². The van der Waals surface area contributed by atoms with E-state index >= 15 is 0 Å². The molecule has 0 unspecified atom stereocenters. The number of aliphatic hydroxyl groups excluding tert-OH is 2. The van der Waals surface area contributed by atoms with Crippen LogP contribution in [0.4, 0.5) is 0 Å². The van der Waals surface area contributed by atoms with Gasteiger partial charge in [-0.3, -0.25) is 0 Å². The largest absolute Gasteiger partial charge is 0.459 e. The van der Waals surface area contributed by atoms with E-state index in [9.17, 15) is 18.6 Å². The van der Waals surface area contributed by atoms with E-state index in [1.165, 1.54) is 0 Å². The molecule has 210 valence electrons. The number of pyridine rings is 1. The molecule has 4 aromatic rings. The zero-order chi connectivity index (χ0) is 27.9. The third-order valence-electron chi connectivity index (χ3n) is 7.16. The van der Waals surface area contributed by atoms with Crippen molar-refractivity contribution in [3.05, 3.63) is 59.6 Å². The maximum absolute atomic E-state index is 12.6. The minimum absolute atomic E-state index is 0.0680. The lowest BCUT2D eigenvalue weighted by Crippen LogP contribution is -2.45. The van der Waals surface area contributed by atoms with Crippen LogP contribution in [0.25, 0.3) is 33.5 Å². The molecular formula is C28H28ClN3O7S. The standard InChI is InChI=1S/C28H28ClN3O7S/c29-22-10-23-27(32-28(30-23)39-20-9-24(34)25(11-33)38-14-20)31-26(22)19-3-1-17(2-4-19)18-5-7-21(8-6-18)40(35,36)15-16-12-37-13-16/h1-8,10,16,20,24-25,33-34H,9,11-15H2,(H,30,31,32)/t20-,24+,25-/m1/s1. The summed E-state index contributed by atoms with van der Waals surface area (Å²) in [6.07, 6.45) is -1.55. The molecule has 2 saturated heterocycles. The first-order chi connectivity index (χ1) is 19.3. The normalized spacial score (nSPS) is 21.8. The van der Waals surface area contributed by atoms with Crippen molar-refractivity contribution >= 4 is 32.6 Å². The predicted molar refractivity (Wildman–Crippen MR) is 148 cm³/mol. The molecule has 3 atom stereocenters. The number of aromatic amines is 1. The smallest absolute Gasteiger partial charge is 0.296 e. The van der Waals surface area contributed by atoms with Crippen LogP contribution in [-0.4, -0.2) is 84.1 Å². The molecule has 2 aliphatic heterocycles. The van der Waals surface area contributed by atoms with Crippen LogP contribution < -0.4 is 4.74 Å². The maximum Gasteiger partial charge on any atom is 0.296 e. The highest BCUT2D eigenvalue weighted by molar-refractivity contribution is 7.91. The number of imidazole rings is 1. The summed E-state index contributed by atoms with van der Waals surface area (Å²) in [4.78, 5) is 12.4. The van der Waals surface area contributed by atoms with Crippen molar-refractivity contribution in [1.29, 1.82) is 0 Å². The summed E-state index contributed by atoms with van der Waals surface area (Å²) in [6, 6.07) is 16.5. The van der Waals surface area contributed by atoms with Gasteiger partial charge in [-0.2, -0.15) is 4.98 Å². The summed E-state index contributed by atoms with van der Waals surface area (Å²) < 4.78 is 41.7. The molecular weight excluding hydrogens is 558 g/mol. The first-order valence-corrected chi connectivity index (χ1v) is 15.0. The molecule has 2 fully saturated rings. The zero-order valence-corrected chi connectivity index (χ0v) is 22.9. The van der Waals surface area contributed by atoms with Crippen molar-refractivity contribution in [3.63, 3.8) is 0 Å². The Bertz CT molecular complexity index is 1610. The monoisotopic (exact) mass is 585 g/mol. The molecule has 2 aromatic heterocycles. The Morgan fingerprint density at radius 3 is 2.30 bits per heavy atom. The second-order valence-electron chi connectivity index (χ2n) is 10.1. The molecule has 0 spiro atoms. The fraction of sp³-hybridized carbons (Fsp3) is 0.357. The molecule has 0 aliphatic carbocycles. The van der Waals surface area contributed by atoms with Gasteiger partial charge < -0.3 is 29.4 Å². The Morgan fingerprint density at radius 1 is 1.00 bits per heavy atom. The molecule has 40 heavy (non-hydrogen) atoms. The number of benzene rings is 2. The molecule has 2 aromatic carbocycles. The second-order valence-corrected chi connectivity index (χ2v) is 12.6. The van der Waals surface area contributed by atoms with Gasteiger partial charge in [0, 0.05) is 17.9 Å². The van der Waals surface area contributed by atoms with Crippen LogP contribution in [0.5, 0.6) is 6.01 Å². The summed E-state index contributed by atoms with van der Waals surface area (Å²) in [6.45, 7) is 0.966. The first-order valence-electron chi connectivity index (χ1n) is 12.9. The summed E-state index contributed by atoms with van der Waals surface area (Å²) >= 11 is 6.56. The number of aromatic nitrogens is 3. The van der Waals surface area contributed by atoms with E-state index in [0.29, 0.717) is 46.4 Å². The lowest BCUT2D eigenvalue weighted by molar-refractivity contribution is -0.131. The molecule has 2 aliphatic rings. The number of rotatable bonds is 8. The van der Waals surface area contributed by atoms with E-state index < -0.39 is 28.1 Å². The Labute approximate surface area is 235 Å². The molecule has 4 heterocycles. The topological polar surface area (TPSA) is 144 Å². The molecule has 12 heteroatoms. The zero-order valence-electron chi connectivity index (χ0n) is 21.4. The lowest BCUT2D eigenvalue weighted by atomic mass is 10.0. The summed E-state index contributed by atoms with van der Waals surface area (Å²) in [5.74, 6) is 0.171. The van der Waals surface area contributed by atoms with Crippen molar-refractivity contribution in [2.24, 2.45) is 5.92 Å². The first kappa shape index (κ1) is 27.1. The number of sulfone groups is 1. The number of H-pyrrole nitrogens is 1. The van der Waals surface area contributed by atoms with Crippen molar-refractivity contribution in [2.45, 2.75) is 29.6 Å². The van der Waals surface area contributed by atoms with Crippen LogP contribution in [-0.2, 0) is 19.3 Å². The molecule has 0 amide bonds. The van der Waals surface area contributed by atoms with Gasteiger partial charge in [0.25, 0.3) is 6.01 Å². The lowest BCUT2D eigenvalue weighted by Gasteiger charge is -2.31. The number of nitrogens with one attached hydrogen (secondary N) is 1. The van der Waals surface area contributed by atoms with Crippen molar-refractivity contribution in [1.82, 2.24) is 15.0 Å². The summed E-state index contributed by atoms with van der Waals surface area (Å²) in [5, 5.41) is 19.7. The van der Waals surface area contributed by atoms with E-state index in [1.54, 1.807) is 18.2 Å². The molecule has 0 bridgehead atoms. The van der Waals surface area contributed by atoms with Crippen LogP contribution in [0.2, 0.25) is 5.02 Å². The number of hydrogen-bond acceptors (Lipinski definition) is 9. The van der Waals surface area contributed by atoms with Crippen LogP contribution >= 0.6 is 11.6 Å². The quantitative estimate of drug-likeness (QED) is 0.284. The van der Waals surface area contributed by atoms with Gasteiger partial charge in [-0.05, 0) is 29.3 Å². The third kappa shape index (κ3) is 5.58. The minimum atomic E-state index is -3.34. The Morgan fingerprint density at radius 2 is 1.68 bits per heavy atom. The van der Waals surface area contributed by atoms with Crippen molar-refractivity contribution in [3.8, 4) is 28.4 Å². The van der Waals surface area contributed by atoms with Crippen molar-refractivity contribution < 1.29 is 32.8 Å². The second kappa shape index (κ2) is 11.1. The Kier molecular flexibility index (Phi) is 7.51. The number of fused-ring (bicyclic) bond motifs is 1. The van der Waals surface area contributed by atoms with Gasteiger partial charge in [-0.1, -0.05) is 48.0 Å². The Balaban J connectivity index is 1.17. The number of aliphatic hydroxyl groups is 2. The SMILES string of the molecule is O=S(=O)(CC1COC1)c1ccc(-c2ccc(-c3nc4nc(O[C@H]5CO[C@H](CO)[C@@H](O)C5)[nH]c4cc3Cl)cc2)cc1. The number of nitrogens with zero attached hydrogens (tertiary/aromatic N) is 2. The van der Waals surface area contributed by atoms with E-state index in [4.69, 9.17) is 25.8 Å². The van der Waals surface area contributed by atoms with Crippen LogP contribution in [0.15, 0.2) is 59.5 Å². The van der Waals surface area contributed by atoms with E-state index in [1.807, 2.05) is 36.4 Å². The Hall–Kier alpha value is -3.06. The molecule has 0 saturated carbocycles. The third-order valence-corrected chi connectivity index (χ3v) is 9.35. The van der Waals surface area contributed by atoms with Gasteiger partial charge in [-0.25, -0.2) is 13.4 Å².